The standard InChI is InChI=1S/C17H17F2N3O4/c1-10-8-11(2-3-12(10)18)15-20-13(26-21-15)4-5-14(23)22-7-6-17(19,9-22)16(24)25/h2-3,8H,4-7,9H2,1H3,(H,24,25). The fourth-order valence-corrected chi connectivity index (χ4v) is 2.79. The molecule has 0 aliphatic carbocycles. The van der Waals surface area contributed by atoms with Crippen LogP contribution < -0.4 is 0 Å². The molecule has 1 unspecified atom stereocenters. The third-order valence-electron chi connectivity index (χ3n) is 4.39. The number of carboxylic acids is 1. The van der Waals surface area contributed by atoms with Gasteiger partial charge in [0, 0.05) is 31.4 Å². The lowest BCUT2D eigenvalue weighted by molar-refractivity contribution is -0.150. The summed E-state index contributed by atoms with van der Waals surface area (Å²) in [5, 5.41) is 12.7. The molecule has 1 aromatic carbocycles. The molecule has 138 valence electrons. The van der Waals surface area contributed by atoms with Crippen LogP contribution in [-0.4, -0.2) is 50.8 Å². The monoisotopic (exact) mass is 365 g/mol. The first-order valence-corrected chi connectivity index (χ1v) is 8.08. The lowest BCUT2D eigenvalue weighted by atomic mass is 10.1. The molecule has 3 rings (SSSR count). The molecule has 1 amide bonds. The van der Waals surface area contributed by atoms with Crippen LogP contribution in [0.4, 0.5) is 8.78 Å². The number of aliphatic carboxylic acids is 1. The molecular weight excluding hydrogens is 348 g/mol. The summed E-state index contributed by atoms with van der Waals surface area (Å²) < 4.78 is 32.4. The van der Waals surface area contributed by atoms with Gasteiger partial charge in [0.1, 0.15) is 5.82 Å². The summed E-state index contributed by atoms with van der Waals surface area (Å²) in [6.45, 7) is 1.23. The quantitative estimate of drug-likeness (QED) is 0.872. The Hall–Kier alpha value is -2.84. The van der Waals surface area contributed by atoms with Crippen molar-refractivity contribution in [3.05, 3.63) is 35.5 Å². The SMILES string of the molecule is Cc1cc(-c2noc(CCC(=O)N3CCC(F)(C(=O)O)C3)n2)ccc1F. The number of rotatable bonds is 5. The van der Waals surface area contributed by atoms with Gasteiger partial charge in [-0.2, -0.15) is 4.98 Å². The van der Waals surface area contributed by atoms with E-state index in [1.165, 1.54) is 17.0 Å². The van der Waals surface area contributed by atoms with Gasteiger partial charge in [-0.15, -0.1) is 0 Å². The Balaban J connectivity index is 1.59. The molecule has 1 aliphatic rings. The topological polar surface area (TPSA) is 96.5 Å². The van der Waals surface area contributed by atoms with Crippen molar-refractivity contribution in [1.29, 1.82) is 0 Å². The average molecular weight is 365 g/mol. The van der Waals surface area contributed by atoms with Gasteiger partial charge in [-0.3, -0.25) is 4.79 Å². The summed E-state index contributed by atoms with van der Waals surface area (Å²) in [6, 6.07) is 4.43. The number of nitrogens with zero attached hydrogens (tertiary/aromatic N) is 3. The number of hydrogen-bond donors (Lipinski definition) is 1. The van der Waals surface area contributed by atoms with Crippen molar-refractivity contribution in [2.24, 2.45) is 0 Å². The average Bonchev–Trinajstić information content (AvgIpc) is 3.23. The minimum absolute atomic E-state index is 0.000220. The number of carbonyl (C=O) groups excluding carboxylic acids is 1. The second-order valence-corrected chi connectivity index (χ2v) is 6.31. The van der Waals surface area contributed by atoms with Crippen molar-refractivity contribution in [3.8, 4) is 11.4 Å². The van der Waals surface area contributed by atoms with Crippen molar-refractivity contribution >= 4 is 11.9 Å². The van der Waals surface area contributed by atoms with E-state index in [9.17, 15) is 18.4 Å². The maximum Gasteiger partial charge on any atom is 0.343 e. The van der Waals surface area contributed by atoms with Crippen LogP contribution in [0.15, 0.2) is 22.7 Å². The lowest BCUT2D eigenvalue weighted by Gasteiger charge is -2.17. The van der Waals surface area contributed by atoms with E-state index >= 15 is 0 Å². The summed E-state index contributed by atoms with van der Waals surface area (Å²) in [7, 11) is 0. The van der Waals surface area contributed by atoms with E-state index in [1.54, 1.807) is 13.0 Å². The van der Waals surface area contributed by atoms with Crippen LogP contribution in [0.25, 0.3) is 11.4 Å². The number of alkyl halides is 1. The molecular formula is C17H17F2N3O4. The van der Waals surface area contributed by atoms with Gasteiger partial charge in [0.25, 0.3) is 0 Å². The van der Waals surface area contributed by atoms with Gasteiger partial charge in [0.05, 0.1) is 6.54 Å². The summed E-state index contributed by atoms with van der Waals surface area (Å²) in [6.07, 6.45) is -0.0721. The first-order chi connectivity index (χ1) is 12.3. The first kappa shape index (κ1) is 18.0. The number of benzene rings is 1. The molecule has 9 heteroatoms. The summed E-state index contributed by atoms with van der Waals surface area (Å²) >= 11 is 0. The van der Waals surface area contributed by atoms with E-state index in [0.717, 1.165) is 0 Å². The number of carboxylic acid groups (broad SMARTS) is 1. The Morgan fingerprint density at radius 2 is 2.19 bits per heavy atom. The van der Waals surface area contributed by atoms with Crippen molar-refractivity contribution in [3.63, 3.8) is 0 Å². The van der Waals surface area contributed by atoms with E-state index in [2.05, 4.69) is 10.1 Å². The van der Waals surface area contributed by atoms with E-state index in [1.807, 2.05) is 0 Å². The van der Waals surface area contributed by atoms with Crippen LogP contribution in [0.2, 0.25) is 0 Å². The zero-order valence-electron chi connectivity index (χ0n) is 14.0. The largest absolute Gasteiger partial charge is 0.479 e. The van der Waals surface area contributed by atoms with Crippen LogP contribution in [0.3, 0.4) is 0 Å². The van der Waals surface area contributed by atoms with E-state index in [4.69, 9.17) is 9.63 Å². The maximum absolute atomic E-state index is 14.0. The van der Waals surface area contributed by atoms with Crippen LogP contribution in [0.5, 0.6) is 0 Å². The molecule has 1 atom stereocenters. The number of aryl methyl sites for hydroxylation is 2. The number of carbonyl (C=O) groups is 2. The fraction of sp³-hybridized carbons (Fsp3) is 0.412. The summed E-state index contributed by atoms with van der Waals surface area (Å²) in [5.74, 6) is -1.75. The Labute approximate surface area is 147 Å². The highest BCUT2D eigenvalue weighted by atomic mass is 19.1. The van der Waals surface area contributed by atoms with E-state index in [0.29, 0.717) is 11.1 Å². The van der Waals surface area contributed by atoms with Gasteiger partial charge >= 0.3 is 5.97 Å². The Morgan fingerprint density at radius 1 is 1.42 bits per heavy atom. The third-order valence-corrected chi connectivity index (χ3v) is 4.39. The van der Waals surface area contributed by atoms with Crippen molar-refractivity contribution in [2.75, 3.05) is 13.1 Å². The Kier molecular flexibility index (Phi) is 4.71. The Bertz CT molecular complexity index is 854. The molecule has 0 spiro atoms. The molecule has 26 heavy (non-hydrogen) atoms. The zero-order chi connectivity index (χ0) is 18.9. The van der Waals surface area contributed by atoms with Gasteiger partial charge in [-0.25, -0.2) is 13.6 Å². The normalized spacial score (nSPS) is 19.7. The van der Waals surface area contributed by atoms with Gasteiger partial charge in [0.15, 0.2) is 0 Å². The molecule has 0 saturated carbocycles. The summed E-state index contributed by atoms with van der Waals surface area (Å²) in [4.78, 5) is 28.4. The molecule has 0 radical (unpaired) electrons. The number of aromatic nitrogens is 2. The maximum atomic E-state index is 14.0. The van der Waals surface area contributed by atoms with Gasteiger partial charge in [0.2, 0.25) is 23.3 Å². The number of likely N-dealkylation sites (tertiary alicyclic amines) is 1. The van der Waals surface area contributed by atoms with Gasteiger partial charge in [-0.05, 0) is 30.7 Å². The minimum atomic E-state index is -2.38. The number of halogens is 2. The lowest BCUT2D eigenvalue weighted by Crippen LogP contribution is -2.38. The molecule has 2 heterocycles. The van der Waals surface area contributed by atoms with Crippen molar-refractivity contribution < 1.29 is 28.0 Å². The number of amides is 1. The van der Waals surface area contributed by atoms with Crippen LogP contribution >= 0.6 is 0 Å². The van der Waals surface area contributed by atoms with Crippen molar-refractivity contribution in [1.82, 2.24) is 15.0 Å². The van der Waals surface area contributed by atoms with Crippen LogP contribution in [0, 0.1) is 12.7 Å². The highest BCUT2D eigenvalue weighted by Gasteiger charge is 2.46. The molecule has 1 N–H and O–H groups in total. The predicted octanol–water partition coefficient (Wildman–Crippen LogP) is 2.14. The number of hydrogen-bond acceptors (Lipinski definition) is 5. The predicted molar refractivity (Wildman–Crippen MR) is 85.4 cm³/mol. The van der Waals surface area contributed by atoms with E-state index in [-0.39, 0.29) is 49.2 Å². The van der Waals surface area contributed by atoms with Crippen molar-refractivity contribution in [2.45, 2.75) is 31.9 Å². The molecule has 2 aromatic rings. The van der Waals surface area contributed by atoms with Gasteiger partial charge < -0.3 is 14.5 Å². The first-order valence-electron chi connectivity index (χ1n) is 8.08. The molecule has 1 saturated heterocycles. The Morgan fingerprint density at radius 3 is 2.85 bits per heavy atom. The second kappa shape index (κ2) is 6.81. The van der Waals surface area contributed by atoms with Crippen LogP contribution in [0.1, 0.15) is 24.3 Å². The second-order valence-electron chi connectivity index (χ2n) is 6.31. The summed E-state index contributed by atoms with van der Waals surface area (Å²) in [5.41, 5.74) is -1.34. The zero-order valence-corrected chi connectivity index (χ0v) is 14.0. The fourth-order valence-electron chi connectivity index (χ4n) is 2.79. The van der Waals surface area contributed by atoms with Gasteiger partial charge in [-0.1, -0.05) is 5.16 Å². The molecule has 7 nitrogen and oxygen atoms in total. The highest BCUT2D eigenvalue weighted by Crippen LogP contribution is 2.26. The molecule has 1 aliphatic heterocycles. The smallest absolute Gasteiger partial charge is 0.343 e. The third kappa shape index (κ3) is 3.56. The highest BCUT2D eigenvalue weighted by molar-refractivity contribution is 5.82. The molecule has 0 bridgehead atoms. The molecule has 1 aromatic heterocycles. The molecule has 1 fully saturated rings. The van der Waals surface area contributed by atoms with Crippen LogP contribution in [-0.2, 0) is 16.0 Å². The minimum Gasteiger partial charge on any atom is -0.479 e. The van der Waals surface area contributed by atoms with E-state index < -0.39 is 18.2 Å².